The summed E-state index contributed by atoms with van der Waals surface area (Å²) in [6, 6.07) is 0. The van der Waals surface area contributed by atoms with Gasteiger partial charge in [0.1, 0.15) is 0 Å². The van der Waals surface area contributed by atoms with Gasteiger partial charge in [-0.2, -0.15) is 0 Å². The van der Waals surface area contributed by atoms with Gasteiger partial charge in [0.25, 0.3) is 0 Å². The van der Waals surface area contributed by atoms with Crippen molar-refractivity contribution in [2.24, 2.45) is 5.41 Å². The van der Waals surface area contributed by atoms with Crippen LogP contribution in [0.3, 0.4) is 0 Å². The van der Waals surface area contributed by atoms with Gasteiger partial charge in [-0.05, 0) is 84.0 Å². The molecule has 0 bridgehead atoms. The highest BCUT2D eigenvalue weighted by atomic mass is 16.5. The van der Waals surface area contributed by atoms with Gasteiger partial charge in [-0.3, -0.25) is 9.59 Å². The van der Waals surface area contributed by atoms with Crippen LogP contribution in [-0.2, 0) is 14.3 Å². The molecule has 0 radical (unpaired) electrons. The second-order valence-corrected chi connectivity index (χ2v) is 12.5. The van der Waals surface area contributed by atoms with Crippen LogP contribution in [0.2, 0.25) is 0 Å². The molecule has 244 valence electrons. The fourth-order valence-corrected chi connectivity index (χ4v) is 5.37. The smallest absolute Gasteiger partial charge is 0.309 e. The topological polar surface area (TPSA) is 63.6 Å². The lowest BCUT2D eigenvalue weighted by atomic mass is 9.80. The van der Waals surface area contributed by atoms with Gasteiger partial charge in [-0.1, -0.05) is 127 Å². The first-order chi connectivity index (χ1) is 20.5. The number of hydrogen-bond donors (Lipinski definition) is 1. The molecule has 0 aromatic rings. The number of allylic oxidation sites excluding steroid dienone is 6. The van der Waals surface area contributed by atoms with Gasteiger partial charge < -0.3 is 9.84 Å². The fourth-order valence-electron chi connectivity index (χ4n) is 5.37. The number of carboxylic acid groups (broad SMARTS) is 1. The van der Waals surface area contributed by atoms with Crippen LogP contribution >= 0.6 is 0 Å². The van der Waals surface area contributed by atoms with Crippen molar-refractivity contribution in [1.29, 1.82) is 0 Å². The maximum absolute atomic E-state index is 12.0. The molecule has 1 unspecified atom stereocenters. The Morgan fingerprint density at radius 2 is 0.952 bits per heavy atom. The molecule has 0 aromatic heterocycles. The predicted molar refractivity (Wildman–Crippen MR) is 181 cm³/mol. The summed E-state index contributed by atoms with van der Waals surface area (Å²) in [4.78, 5) is 23.0. The maximum atomic E-state index is 12.0. The zero-order valence-corrected chi connectivity index (χ0v) is 28.0. The third-order valence-electron chi connectivity index (χ3n) is 8.44. The number of carboxylic acids is 1. The van der Waals surface area contributed by atoms with E-state index >= 15 is 0 Å². The van der Waals surface area contributed by atoms with E-state index in [1.807, 2.05) is 6.92 Å². The molecule has 4 heteroatoms. The Labute approximate surface area is 260 Å². The van der Waals surface area contributed by atoms with Crippen molar-refractivity contribution in [2.45, 2.75) is 181 Å². The first kappa shape index (κ1) is 40.2. The number of methoxy groups -OCH3 is 1. The summed E-state index contributed by atoms with van der Waals surface area (Å²) in [7, 11) is 1.45. The Morgan fingerprint density at radius 1 is 0.571 bits per heavy atom. The molecule has 0 fully saturated rings. The van der Waals surface area contributed by atoms with Crippen molar-refractivity contribution in [2.75, 3.05) is 7.11 Å². The van der Waals surface area contributed by atoms with Crippen molar-refractivity contribution >= 4 is 11.9 Å². The van der Waals surface area contributed by atoms with Gasteiger partial charge in [0.05, 0.1) is 12.5 Å². The maximum Gasteiger partial charge on any atom is 0.309 e. The zero-order chi connectivity index (χ0) is 31.0. The largest absolute Gasteiger partial charge is 0.481 e. The highest BCUT2D eigenvalue weighted by molar-refractivity contribution is 5.74. The second kappa shape index (κ2) is 30.6. The molecule has 0 saturated heterocycles. The van der Waals surface area contributed by atoms with Crippen LogP contribution in [0.5, 0.6) is 0 Å². The minimum absolute atomic E-state index is 0.101. The average molecular weight is 589 g/mol. The first-order valence-electron chi connectivity index (χ1n) is 17.7. The van der Waals surface area contributed by atoms with Crippen LogP contribution in [0.15, 0.2) is 36.5 Å². The third-order valence-corrected chi connectivity index (χ3v) is 8.44. The summed E-state index contributed by atoms with van der Waals surface area (Å²) in [5, 5.41) is 9.85. The van der Waals surface area contributed by atoms with Crippen LogP contribution in [0, 0.1) is 5.41 Å². The van der Waals surface area contributed by atoms with Gasteiger partial charge in [0.15, 0.2) is 0 Å². The highest BCUT2D eigenvalue weighted by Crippen LogP contribution is 2.31. The standard InChI is InChI=1S/C38H68O4/c1-4-5-6-7-8-9-10-11-16-19-22-25-28-31-34-38(2,37(40)41)35-32-29-26-23-20-17-14-12-13-15-18-21-24-27-30-33-36(39)42-3/h11-13,16-17,20H,4-10,14-15,18-19,21-35H2,1-3H3,(H,40,41)/b13-12-,16-11-,20-17-. The van der Waals surface area contributed by atoms with Gasteiger partial charge >= 0.3 is 11.9 Å². The molecule has 0 saturated carbocycles. The molecular formula is C38H68O4. The second-order valence-electron chi connectivity index (χ2n) is 12.5. The Hall–Kier alpha value is -1.84. The quantitative estimate of drug-likeness (QED) is 0.0497. The van der Waals surface area contributed by atoms with Crippen LogP contribution in [0.4, 0.5) is 0 Å². The molecule has 0 heterocycles. The highest BCUT2D eigenvalue weighted by Gasteiger charge is 2.31. The summed E-state index contributed by atoms with van der Waals surface area (Å²) >= 11 is 0. The normalized spacial score (nSPS) is 13.4. The summed E-state index contributed by atoms with van der Waals surface area (Å²) in [6.07, 6.45) is 43.2. The lowest BCUT2D eigenvalue weighted by Gasteiger charge is -2.24. The lowest BCUT2D eigenvalue weighted by Crippen LogP contribution is -2.27. The molecule has 0 rings (SSSR count). The van der Waals surface area contributed by atoms with Crippen LogP contribution < -0.4 is 0 Å². The van der Waals surface area contributed by atoms with Crippen molar-refractivity contribution in [1.82, 2.24) is 0 Å². The number of unbranched alkanes of at least 4 members (excludes halogenated alkanes) is 18. The summed E-state index contributed by atoms with van der Waals surface area (Å²) < 4.78 is 4.66. The van der Waals surface area contributed by atoms with E-state index in [4.69, 9.17) is 0 Å². The van der Waals surface area contributed by atoms with E-state index in [2.05, 4.69) is 48.1 Å². The van der Waals surface area contributed by atoms with Crippen LogP contribution in [0.1, 0.15) is 181 Å². The number of carbonyl (C=O) groups excluding carboxylic acids is 1. The molecule has 4 nitrogen and oxygen atoms in total. The van der Waals surface area contributed by atoms with E-state index in [0.29, 0.717) is 6.42 Å². The number of rotatable bonds is 31. The average Bonchev–Trinajstić information content (AvgIpc) is 2.98. The minimum atomic E-state index is -0.620. The molecule has 1 N–H and O–H groups in total. The molecule has 1 atom stereocenters. The summed E-state index contributed by atoms with van der Waals surface area (Å²) in [5.41, 5.74) is -0.569. The molecule has 0 aliphatic rings. The van der Waals surface area contributed by atoms with Gasteiger partial charge in [0, 0.05) is 6.42 Å². The van der Waals surface area contributed by atoms with Gasteiger partial charge in [-0.15, -0.1) is 0 Å². The molecule has 0 spiro atoms. The molecule has 42 heavy (non-hydrogen) atoms. The van der Waals surface area contributed by atoms with Crippen molar-refractivity contribution in [3.8, 4) is 0 Å². The van der Waals surface area contributed by atoms with Crippen LogP contribution in [0.25, 0.3) is 0 Å². The molecular weight excluding hydrogens is 520 g/mol. The minimum Gasteiger partial charge on any atom is -0.481 e. The Bertz CT molecular complexity index is 708. The lowest BCUT2D eigenvalue weighted by molar-refractivity contribution is -0.149. The Balaban J connectivity index is 3.70. The third kappa shape index (κ3) is 27.0. The zero-order valence-electron chi connectivity index (χ0n) is 28.0. The number of ether oxygens (including phenoxy) is 1. The number of carbonyl (C=O) groups is 2. The van der Waals surface area contributed by atoms with Crippen molar-refractivity contribution in [3.63, 3.8) is 0 Å². The molecule has 0 amide bonds. The Morgan fingerprint density at radius 3 is 1.40 bits per heavy atom. The van der Waals surface area contributed by atoms with E-state index in [1.54, 1.807) is 0 Å². The summed E-state index contributed by atoms with van der Waals surface area (Å²) in [5.74, 6) is -0.721. The SMILES string of the molecule is CCCCCCCC/C=C\CCCCCCC(C)(CCCCC/C=C\C/C=C\CCCCCCCC(=O)OC)C(=O)O. The Kier molecular flexibility index (Phi) is 29.3. The fraction of sp³-hybridized carbons (Fsp3) is 0.789. The van der Waals surface area contributed by atoms with E-state index in [-0.39, 0.29) is 5.97 Å². The molecule has 0 aliphatic heterocycles. The van der Waals surface area contributed by atoms with E-state index in [1.165, 1.54) is 90.6 Å². The van der Waals surface area contributed by atoms with E-state index < -0.39 is 11.4 Å². The van der Waals surface area contributed by atoms with Crippen LogP contribution in [-0.4, -0.2) is 24.2 Å². The monoisotopic (exact) mass is 589 g/mol. The van der Waals surface area contributed by atoms with Gasteiger partial charge in [-0.25, -0.2) is 0 Å². The van der Waals surface area contributed by atoms with E-state index in [0.717, 1.165) is 77.0 Å². The number of hydrogen-bond acceptors (Lipinski definition) is 3. The van der Waals surface area contributed by atoms with Crippen molar-refractivity contribution < 1.29 is 19.4 Å². The molecule has 0 aromatic carbocycles. The number of esters is 1. The first-order valence-corrected chi connectivity index (χ1v) is 17.7. The van der Waals surface area contributed by atoms with Gasteiger partial charge in [0.2, 0.25) is 0 Å². The predicted octanol–water partition coefficient (Wildman–Crippen LogP) is 12.1. The van der Waals surface area contributed by atoms with Crippen molar-refractivity contribution in [3.05, 3.63) is 36.5 Å². The van der Waals surface area contributed by atoms with E-state index in [9.17, 15) is 14.7 Å². The molecule has 0 aliphatic carbocycles. The number of aliphatic carboxylic acids is 1. The summed E-state index contributed by atoms with van der Waals surface area (Å²) in [6.45, 7) is 4.22.